The molecule has 0 aliphatic carbocycles. The predicted molar refractivity (Wildman–Crippen MR) is 69.0 cm³/mol. The lowest BCUT2D eigenvalue weighted by Crippen LogP contribution is -2.14. The molecule has 0 spiro atoms. The number of hydrogen-bond donors (Lipinski definition) is 1. The molecule has 0 saturated carbocycles. The number of rotatable bonds is 3. The van der Waals surface area contributed by atoms with E-state index in [1.807, 2.05) is 0 Å². The van der Waals surface area contributed by atoms with Crippen molar-refractivity contribution >= 4 is 12.1 Å². The summed E-state index contributed by atoms with van der Waals surface area (Å²) in [5.41, 5.74) is 6.56. The molecule has 0 aliphatic heterocycles. The van der Waals surface area contributed by atoms with E-state index >= 15 is 0 Å². The molecule has 0 atom stereocenters. The van der Waals surface area contributed by atoms with E-state index in [1.54, 1.807) is 42.6 Å². The van der Waals surface area contributed by atoms with Gasteiger partial charge in [-0.3, -0.25) is 4.98 Å². The fraction of sp³-hybridized carbons (Fsp3) is 0. The summed E-state index contributed by atoms with van der Waals surface area (Å²) in [7, 11) is 0. The number of benzene rings is 1. The first-order chi connectivity index (χ1) is 8.77. The third kappa shape index (κ3) is 2.98. The van der Waals surface area contributed by atoms with E-state index in [1.165, 1.54) is 12.3 Å². The Labute approximate surface area is 104 Å². The molecule has 2 aromatic rings. The Kier molecular flexibility index (Phi) is 3.76. The van der Waals surface area contributed by atoms with E-state index in [0.717, 1.165) is 0 Å². The summed E-state index contributed by atoms with van der Waals surface area (Å²) in [5.74, 6) is -0.170. The van der Waals surface area contributed by atoms with E-state index in [-0.39, 0.29) is 11.7 Å². The molecule has 1 aromatic carbocycles. The molecule has 0 bridgehead atoms. The zero-order chi connectivity index (χ0) is 12.8. The van der Waals surface area contributed by atoms with E-state index in [2.05, 4.69) is 15.2 Å². The van der Waals surface area contributed by atoms with Crippen LogP contribution in [0.1, 0.15) is 11.3 Å². The average molecular weight is 242 g/mol. The number of aromatic nitrogens is 1. The van der Waals surface area contributed by atoms with Gasteiger partial charge < -0.3 is 5.73 Å². The Morgan fingerprint density at radius 3 is 2.67 bits per heavy atom. The zero-order valence-corrected chi connectivity index (χ0v) is 9.49. The van der Waals surface area contributed by atoms with Gasteiger partial charge in [0.2, 0.25) is 0 Å². The quantitative estimate of drug-likeness (QED) is 0.508. The highest BCUT2D eigenvalue weighted by Crippen LogP contribution is 2.03. The SMILES string of the molecule is NC(=NN=Cc1ccccc1F)c1ccccn1. The van der Waals surface area contributed by atoms with Crippen LogP contribution >= 0.6 is 0 Å². The molecule has 2 rings (SSSR count). The number of nitrogens with two attached hydrogens (primary N) is 1. The normalized spacial score (nSPS) is 11.9. The molecule has 0 unspecified atom stereocenters. The van der Waals surface area contributed by atoms with Crippen LogP contribution in [0.5, 0.6) is 0 Å². The molecular weight excluding hydrogens is 231 g/mol. The van der Waals surface area contributed by atoms with Crippen molar-refractivity contribution < 1.29 is 4.39 Å². The fourth-order valence-corrected chi connectivity index (χ4v) is 1.30. The second-order valence-electron chi connectivity index (χ2n) is 3.47. The molecular formula is C13H11FN4. The fourth-order valence-electron chi connectivity index (χ4n) is 1.30. The number of hydrogen-bond acceptors (Lipinski definition) is 3. The van der Waals surface area contributed by atoms with Crippen molar-refractivity contribution in [1.29, 1.82) is 0 Å². The molecule has 18 heavy (non-hydrogen) atoms. The maximum absolute atomic E-state index is 13.3. The lowest BCUT2D eigenvalue weighted by molar-refractivity contribution is 0.626. The minimum Gasteiger partial charge on any atom is -0.380 e. The van der Waals surface area contributed by atoms with Crippen LogP contribution in [0, 0.1) is 5.82 Å². The van der Waals surface area contributed by atoms with Gasteiger partial charge in [-0.15, -0.1) is 5.10 Å². The van der Waals surface area contributed by atoms with Crippen LogP contribution in [0.3, 0.4) is 0 Å². The first-order valence-corrected chi connectivity index (χ1v) is 5.30. The lowest BCUT2D eigenvalue weighted by atomic mass is 10.2. The molecule has 0 saturated heterocycles. The summed E-state index contributed by atoms with van der Waals surface area (Å²) in [6, 6.07) is 11.6. The predicted octanol–water partition coefficient (Wildman–Crippen LogP) is 1.96. The zero-order valence-electron chi connectivity index (χ0n) is 9.49. The van der Waals surface area contributed by atoms with Crippen LogP contribution in [0.25, 0.3) is 0 Å². The molecule has 0 aliphatic rings. The topological polar surface area (TPSA) is 63.6 Å². The summed E-state index contributed by atoms with van der Waals surface area (Å²) < 4.78 is 13.3. The number of halogens is 1. The van der Waals surface area contributed by atoms with Gasteiger partial charge in [-0.25, -0.2) is 4.39 Å². The van der Waals surface area contributed by atoms with E-state index in [4.69, 9.17) is 5.73 Å². The third-order valence-electron chi connectivity index (χ3n) is 2.19. The Morgan fingerprint density at radius 1 is 1.17 bits per heavy atom. The highest BCUT2D eigenvalue weighted by atomic mass is 19.1. The smallest absolute Gasteiger partial charge is 0.171 e. The largest absolute Gasteiger partial charge is 0.380 e. The van der Waals surface area contributed by atoms with Crippen LogP contribution in [0.2, 0.25) is 0 Å². The van der Waals surface area contributed by atoms with Crippen molar-refractivity contribution in [3.63, 3.8) is 0 Å². The average Bonchev–Trinajstić information content (AvgIpc) is 2.42. The lowest BCUT2D eigenvalue weighted by Gasteiger charge is -1.96. The maximum Gasteiger partial charge on any atom is 0.171 e. The Morgan fingerprint density at radius 2 is 1.94 bits per heavy atom. The first kappa shape index (κ1) is 11.9. The summed E-state index contributed by atoms with van der Waals surface area (Å²) >= 11 is 0. The van der Waals surface area contributed by atoms with Crippen LogP contribution in [-0.4, -0.2) is 17.0 Å². The number of nitrogens with zero attached hydrogens (tertiary/aromatic N) is 3. The summed E-state index contributed by atoms with van der Waals surface area (Å²) in [5, 5.41) is 7.50. The van der Waals surface area contributed by atoms with Crippen molar-refractivity contribution in [3.8, 4) is 0 Å². The second-order valence-corrected chi connectivity index (χ2v) is 3.47. The minimum absolute atomic E-state index is 0.184. The molecule has 0 fully saturated rings. The van der Waals surface area contributed by atoms with Gasteiger partial charge in [-0.05, 0) is 18.2 Å². The first-order valence-electron chi connectivity index (χ1n) is 5.30. The third-order valence-corrected chi connectivity index (χ3v) is 2.19. The molecule has 0 radical (unpaired) electrons. The van der Waals surface area contributed by atoms with E-state index in [9.17, 15) is 4.39 Å². The van der Waals surface area contributed by atoms with Gasteiger partial charge >= 0.3 is 0 Å². The minimum atomic E-state index is -0.354. The second kappa shape index (κ2) is 5.67. The summed E-state index contributed by atoms with van der Waals surface area (Å²) in [6.07, 6.45) is 2.92. The standard InChI is InChI=1S/C13H11FN4/c14-11-6-2-1-5-10(11)9-17-18-13(15)12-7-3-4-8-16-12/h1-9H,(H2,15,18). The highest BCUT2D eigenvalue weighted by molar-refractivity contribution is 5.95. The van der Waals surface area contributed by atoms with Crippen molar-refractivity contribution in [2.24, 2.45) is 15.9 Å². The Hall–Kier alpha value is -2.56. The molecule has 0 amide bonds. The molecule has 2 N–H and O–H groups in total. The summed E-state index contributed by atoms with van der Waals surface area (Å²) in [6.45, 7) is 0. The van der Waals surface area contributed by atoms with E-state index < -0.39 is 0 Å². The van der Waals surface area contributed by atoms with Gasteiger partial charge in [0.05, 0.1) is 6.21 Å². The van der Waals surface area contributed by atoms with Gasteiger partial charge in [-0.2, -0.15) is 5.10 Å². The van der Waals surface area contributed by atoms with Crippen LogP contribution in [0.4, 0.5) is 4.39 Å². The summed E-state index contributed by atoms with van der Waals surface area (Å²) in [4.78, 5) is 4.02. The number of amidine groups is 1. The Bertz CT molecular complexity index is 579. The van der Waals surface area contributed by atoms with Crippen LogP contribution in [0.15, 0.2) is 58.9 Å². The van der Waals surface area contributed by atoms with Crippen LogP contribution in [-0.2, 0) is 0 Å². The van der Waals surface area contributed by atoms with Crippen LogP contribution < -0.4 is 5.73 Å². The van der Waals surface area contributed by atoms with Gasteiger partial charge in [0, 0.05) is 11.8 Å². The molecule has 4 nitrogen and oxygen atoms in total. The van der Waals surface area contributed by atoms with Crippen molar-refractivity contribution in [1.82, 2.24) is 4.98 Å². The van der Waals surface area contributed by atoms with Gasteiger partial charge in [-0.1, -0.05) is 24.3 Å². The number of pyridine rings is 1. The van der Waals surface area contributed by atoms with Crippen molar-refractivity contribution in [3.05, 3.63) is 65.7 Å². The Balaban J connectivity index is 2.14. The maximum atomic E-state index is 13.3. The van der Waals surface area contributed by atoms with Gasteiger partial charge in [0.1, 0.15) is 11.5 Å². The molecule has 90 valence electrons. The van der Waals surface area contributed by atoms with Crippen molar-refractivity contribution in [2.45, 2.75) is 0 Å². The van der Waals surface area contributed by atoms with Crippen molar-refractivity contribution in [2.75, 3.05) is 0 Å². The monoisotopic (exact) mass is 242 g/mol. The van der Waals surface area contributed by atoms with E-state index in [0.29, 0.717) is 11.3 Å². The molecule has 1 aromatic heterocycles. The highest BCUT2D eigenvalue weighted by Gasteiger charge is 1.98. The van der Waals surface area contributed by atoms with Gasteiger partial charge in [0.25, 0.3) is 0 Å². The molecule has 5 heteroatoms. The van der Waals surface area contributed by atoms with Gasteiger partial charge in [0.15, 0.2) is 5.84 Å². The molecule has 1 heterocycles.